The summed E-state index contributed by atoms with van der Waals surface area (Å²) in [6.45, 7) is 0.644. The van der Waals surface area contributed by atoms with Crippen LogP contribution in [0, 0.1) is 0 Å². The first-order chi connectivity index (χ1) is 12.4. The first kappa shape index (κ1) is 16.8. The van der Waals surface area contributed by atoms with E-state index in [-0.39, 0.29) is 24.0 Å². The molecule has 136 valence electrons. The monoisotopic (exact) mass is 378 g/mol. The first-order valence-electron chi connectivity index (χ1n) is 7.95. The molecule has 11 heteroatoms. The number of alkyl halides is 1. The zero-order valence-electron chi connectivity index (χ0n) is 13.8. The van der Waals surface area contributed by atoms with Crippen LogP contribution in [0.4, 0.5) is 10.3 Å². The van der Waals surface area contributed by atoms with Crippen LogP contribution in [0.5, 0.6) is 0 Å². The number of hydrogen-bond donors (Lipinski definition) is 1. The number of fused-ring (bicyclic) bond motifs is 1. The number of carbonyl (C=O) groups excluding carboxylic acids is 2. The van der Waals surface area contributed by atoms with Gasteiger partial charge in [-0.2, -0.15) is 19.6 Å². The largest absolute Gasteiger partial charge is 0.338 e. The summed E-state index contributed by atoms with van der Waals surface area (Å²) in [4.78, 5) is 33.4. The van der Waals surface area contributed by atoms with Gasteiger partial charge < -0.3 is 4.90 Å². The molecule has 4 rings (SSSR count). The predicted octanol–water partition coefficient (Wildman–Crippen LogP) is -0.160. The second kappa shape index (κ2) is 6.24. The van der Waals surface area contributed by atoms with E-state index in [1.807, 2.05) is 0 Å². The highest BCUT2D eigenvalue weighted by Crippen LogP contribution is 2.24. The Labute approximate surface area is 149 Å². The lowest BCUT2D eigenvalue weighted by molar-refractivity contribution is -0.124. The summed E-state index contributed by atoms with van der Waals surface area (Å²) >= 11 is 0. The van der Waals surface area contributed by atoms with Crippen molar-refractivity contribution >= 4 is 40.3 Å². The van der Waals surface area contributed by atoms with Crippen molar-refractivity contribution in [2.24, 2.45) is 0 Å². The third-order valence-electron chi connectivity index (χ3n) is 4.25. The van der Waals surface area contributed by atoms with Gasteiger partial charge in [0.1, 0.15) is 6.17 Å². The van der Waals surface area contributed by atoms with Crippen molar-refractivity contribution in [3.63, 3.8) is 0 Å². The second-order valence-corrected chi connectivity index (χ2v) is 7.42. The van der Waals surface area contributed by atoms with Crippen molar-refractivity contribution in [3.05, 3.63) is 17.3 Å². The Morgan fingerprint density at radius 2 is 2.19 bits per heavy atom. The zero-order valence-corrected chi connectivity index (χ0v) is 14.6. The van der Waals surface area contributed by atoms with Gasteiger partial charge in [-0.3, -0.25) is 19.1 Å². The second-order valence-electron chi connectivity index (χ2n) is 6.15. The Kier molecular flexibility index (Phi) is 4.02. The normalized spacial score (nSPS) is 23.2. The molecule has 9 nitrogen and oxygen atoms in total. The van der Waals surface area contributed by atoms with E-state index in [9.17, 15) is 18.2 Å². The van der Waals surface area contributed by atoms with Gasteiger partial charge in [0.2, 0.25) is 17.0 Å². The molecule has 2 unspecified atom stereocenters. The lowest BCUT2D eigenvalue weighted by atomic mass is 10.1. The quantitative estimate of drug-likeness (QED) is 0.584. The van der Waals surface area contributed by atoms with E-state index >= 15 is 0 Å². The van der Waals surface area contributed by atoms with Crippen LogP contribution in [0.15, 0.2) is 16.9 Å². The number of halogens is 1. The van der Waals surface area contributed by atoms with Gasteiger partial charge in [-0.25, -0.2) is 4.39 Å². The molecular weight excluding hydrogens is 363 g/mol. The average Bonchev–Trinajstić information content (AvgIpc) is 3.27. The minimum absolute atomic E-state index is 0.0175. The molecule has 1 N–H and O–H groups in total. The van der Waals surface area contributed by atoms with Gasteiger partial charge in [0.25, 0.3) is 5.91 Å². The first-order valence-corrected chi connectivity index (χ1v) is 9.51. The van der Waals surface area contributed by atoms with Crippen molar-refractivity contribution < 1.29 is 18.2 Å². The number of hydrogen-bond acceptors (Lipinski definition) is 7. The maximum atomic E-state index is 13.6. The molecule has 2 aromatic rings. The molecule has 2 aliphatic heterocycles. The molecule has 2 amide bonds. The summed E-state index contributed by atoms with van der Waals surface area (Å²) in [5.74, 6) is -0.464. The predicted molar refractivity (Wildman–Crippen MR) is 90.6 cm³/mol. The molecule has 0 bridgehead atoms. The van der Waals surface area contributed by atoms with E-state index in [0.717, 1.165) is 0 Å². The molecule has 2 aliphatic rings. The van der Waals surface area contributed by atoms with Crippen molar-refractivity contribution in [2.75, 3.05) is 24.2 Å². The summed E-state index contributed by atoms with van der Waals surface area (Å²) in [5, 5.41) is 6.55. The summed E-state index contributed by atoms with van der Waals surface area (Å²) in [7, 11) is -1.45. The fourth-order valence-corrected chi connectivity index (χ4v) is 3.43. The molecule has 2 atom stereocenters. The standard InChI is InChI=1S/C15H15FN6O3S/c1-26(25)14-19-12-9(4-8-5-11(23)18-13(8)24)6-17-22(12)15(20-14)21-3-2-10(16)7-21/h4,6,10H,2-3,5,7H2,1H3,(H,18,23,24). The number of rotatable bonds is 3. The molecule has 0 spiro atoms. The van der Waals surface area contributed by atoms with Crippen molar-refractivity contribution in [2.45, 2.75) is 24.2 Å². The molecule has 26 heavy (non-hydrogen) atoms. The van der Waals surface area contributed by atoms with Crippen LogP contribution in [0.1, 0.15) is 18.4 Å². The smallest absolute Gasteiger partial charge is 0.254 e. The van der Waals surface area contributed by atoms with E-state index in [2.05, 4.69) is 20.4 Å². The summed E-state index contributed by atoms with van der Waals surface area (Å²) in [6.07, 6.45) is 3.88. The van der Waals surface area contributed by atoms with E-state index < -0.39 is 22.9 Å². The number of nitrogens with zero attached hydrogens (tertiary/aromatic N) is 5. The molecule has 2 aromatic heterocycles. The average molecular weight is 378 g/mol. The molecular formula is C15H15FN6O3S. The van der Waals surface area contributed by atoms with Crippen LogP contribution >= 0.6 is 0 Å². The summed E-state index contributed by atoms with van der Waals surface area (Å²) in [6, 6.07) is 0. The third-order valence-corrected chi connectivity index (χ3v) is 4.95. The van der Waals surface area contributed by atoms with Crippen LogP contribution in [0.2, 0.25) is 0 Å². The third kappa shape index (κ3) is 2.87. The number of carbonyl (C=O) groups is 2. The lowest BCUT2D eigenvalue weighted by Gasteiger charge is -2.17. The number of nitrogens with one attached hydrogen (secondary N) is 1. The zero-order chi connectivity index (χ0) is 18.4. The van der Waals surface area contributed by atoms with Gasteiger partial charge in [0.05, 0.1) is 30.0 Å². The Morgan fingerprint density at radius 1 is 1.38 bits per heavy atom. The fraction of sp³-hybridized carbons (Fsp3) is 0.400. The molecule has 2 fully saturated rings. The van der Waals surface area contributed by atoms with Crippen LogP contribution in [-0.2, 0) is 20.4 Å². The highest BCUT2D eigenvalue weighted by Gasteiger charge is 2.28. The Bertz CT molecular complexity index is 987. The molecule has 0 saturated carbocycles. The highest BCUT2D eigenvalue weighted by molar-refractivity contribution is 7.84. The van der Waals surface area contributed by atoms with E-state index in [1.54, 1.807) is 4.90 Å². The number of amides is 2. The fourth-order valence-electron chi connectivity index (χ4n) is 3.00. The minimum atomic E-state index is -1.45. The van der Waals surface area contributed by atoms with Crippen LogP contribution in [0.25, 0.3) is 11.7 Å². The highest BCUT2D eigenvalue weighted by atomic mass is 32.2. The van der Waals surface area contributed by atoms with Crippen molar-refractivity contribution in [1.29, 1.82) is 0 Å². The van der Waals surface area contributed by atoms with Crippen molar-refractivity contribution in [1.82, 2.24) is 24.9 Å². The van der Waals surface area contributed by atoms with Crippen LogP contribution in [-0.4, -0.2) is 61.1 Å². The Morgan fingerprint density at radius 3 is 2.81 bits per heavy atom. The molecule has 0 aliphatic carbocycles. The van der Waals surface area contributed by atoms with E-state index in [1.165, 1.54) is 23.0 Å². The number of imide groups is 1. The van der Waals surface area contributed by atoms with Gasteiger partial charge >= 0.3 is 0 Å². The molecule has 2 saturated heterocycles. The van der Waals surface area contributed by atoms with Crippen LogP contribution < -0.4 is 10.2 Å². The SMILES string of the molecule is CS(=O)c1nc(N2CCC(F)C2)n2ncc(C=C3CC(=O)NC3=O)c2n1. The summed E-state index contributed by atoms with van der Waals surface area (Å²) < 4.78 is 27.0. The van der Waals surface area contributed by atoms with E-state index in [4.69, 9.17) is 0 Å². The van der Waals surface area contributed by atoms with E-state index in [0.29, 0.717) is 35.7 Å². The molecule has 0 radical (unpaired) electrons. The number of anilines is 1. The van der Waals surface area contributed by atoms with Gasteiger partial charge in [0, 0.05) is 23.9 Å². The Hall–Kier alpha value is -2.69. The van der Waals surface area contributed by atoms with Gasteiger partial charge in [-0.1, -0.05) is 0 Å². The lowest BCUT2D eigenvalue weighted by Crippen LogP contribution is -2.25. The van der Waals surface area contributed by atoms with Gasteiger partial charge in [0.15, 0.2) is 5.65 Å². The Balaban J connectivity index is 1.85. The van der Waals surface area contributed by atoms with Gasteiger partial charge in [-0.15, -0.1) is 0 Å². The number of aromatic nitrogens is 4. The maximum absolute atomic E-state index is 13.6. The van der Waals surface area contributed by atoms with Crippen molar-refractivity contribution in [3.8, 4) is 0 Å². The topological polar surface area (TPSA) is 110 Å². The molecule has 0 aromatic carbocycles. The summed E-state index contributed by atoms with van der Waals surface area (Å²) in [5.41, 5.74) is 1.15. The minimum Gasteiger partial charge on any atom is -0.338 e. The van der Waals surface area contributed by atoms with Gasteiger partial charge in [-0.05, 0) is 12.5 Å². The maximum Gasteiger partial charge on any atom is 0.254 e. The van der Waals surface area contributed by atoms with Crippen LogP contribution in [0.3, 0.4) is 0 Å². The molecule has 4 heterocycles.